The van der Waals surface area contributed by atoms with Crippen LogP contribution in [0, 0.1) is 17.6 Å². The molecular formula is C12H16F2N2O. The molecule has 1 aliphatic rings. The quantitative estimate of drug-likeness (QED) is 0.628. The van der Waals surface area contributed by atoms with E-state index in [1.807, 2.05) is 6.92 Å². The van der Waals surface area contributed by atoms with Crippen molar-refractivity contribution in [3.63, 3.8) is 0 Å². The molecule has 3 N–H and O–H groups in total. The Morgan fingerprint density at radius 3 is 2.82 bits per heavy atom. The van der Waals surface area contributed by atoms with Gasteiger partial charge in [0.25, 0.3) is 0 Å². The van der Waals surface area contributed by atoms with E-state index in [0.717, 1.165) is 12.5 Å². The fourth-order valence-corrected chi connectivity index (χ4v) is 2.32. The zero-order valence-corrected chi connectivity index (χ0v) is 9.62. The second-order valence-corrected chi connectivity index (χ2v) is 4.43. The summed E-state index contributed by atoms with van der Waals surface area (Å²) in [5.41, 5.74) is 2.82. The Hall–Kier alpha value is -1.04. The fourth-order valence-electron chi connectivity index (χ4n) is 2.32. The lowest BCUT2D eigenvalue weighted by Gasteiger charge is -2.22. The van der Waals surface area contributed by atoms with E-state index in [1.54, 1.807) is 6.07 Å². The van der Waals surface area contributed by atoms with Gasteiger partial charge in [-0.25, -0.2) is 8.78 Å². The molecule has 3 nitrogen and oxygen atoms in total. The summed E-state index contributed by atoms with van der Waals surface area (Å²) in [4.78, 5) is 0. The van der Waals surface area contributed by atoms with Crippen LogP contribution in [0.2, 0.25) is 0 Å². The van der Waals surface area contributed by atoms with Crippen LogP contribution in [0.4, 0.5) is 8.78 Å². The van der Waals surface area contributed by atoms with Gasteiger partial charge in [0.15, 0.2) is 11.6 Å². The number of benzene rings is 1. The topological polar surface area (TPSA) is 47.3 Å². The van der Waals surface area contributed by atoms with Crippen molar-refractivity contribution in [3.05, 3.63) is 35.4 Å². The van der Waals surface area contributed by atoms with Crippen LogP contribution in [0.5, 0.6) is 0 Å². The zero-order valence-electron chi connectivity index (χ0n) is 9.62. The normalized spacial score (nSPS) is 26.1. The highest BCUT2D eigenvalue weighted by atomic mass is 19.2. The van der Waals surface area contributed by atoms with Gasteiger partial charge < -0.3 is 4.74 Å². The van der Waals surface area contributed by atoms with Gasteiger partial charge in [0.1, 0.15) is 0 Å². The first-order valence-corrected chi connectivity index (χ1v) is 5.65. The summed E-state index contributed by atoms with van der Waals surface area (Å²) < 4.78 is 32.3. The number of nitrogens with one attached hydrogen (secondary N) is 1. The summed E-state index contributed by atoms with van der Waals surface area (Å²) in [6.45, 7) is 2.46. The zero-order chi connectivity index (χ0) is 12.4. The molecule has 0 bridgehead atoms. The van der Waals surface area contributed by atoms with E-state index in [4.69, 9.17) is 10.6 Å². The standard InChI is InChI=1S/C12H16F2N2O/c1-7-5-8(6-17-7)12(16-15)9-3-2-4-10(13)11(9)14/h2-4,7-8,12,16H,5-6,15H2,1H3. The minimum atomic E-state index is -0.852. The van der Waals surface area contributed by atoms with Crippen LogP contribution in [-0.4, -0.2) is 12.7 Å². The van der Waals surface area contributed by atoms with E-state index in [2.05, 4.69) is 5.43 Å². The van der Waals surface area contributed by atoms with Gasteiger partial charge in [-0.2, -0.15) is 0 Å². The van der Waals surface area contributed by atoms with Crippen molar-refractivity contribution in [3.8, 4) is 0 Å². The minimum Gasteiger partial charge on any atom is -0.378 e. The van der Waals surface area contributed by atoms with Gasteiger partial charge >= 0.3 is 0 Å². The van der Waals surface area contributed by atoms with Gasteiger partial charge in [-0.1, -0.05) is 12.1 Å². The van der Waals surface area contributed by atoms with Gasteiger partial charge in [0.05, 0.1) is 18.8 Å². The molecule has 1 aliphatic heterocycles. The maximum Gasteiger partial charge on any atom is 0.163 e. The first-order valence-electron chi connectivity index (χ1n) is 5.65. The number of nitrogens with two attached hydrogens (primary N) is 1. The first-order chi connectivity index (χ1) is 8.13. The summed E-state index contributed by atoms with van der Waals surface area (Å²) in [6, 6.07) is 3.71. The summed E-state index contributed by atoms with van der Waals surface area (Å²) in [6.07, 6.45) is 0.914. The Labute approximate surface area is 98.9 Å². The van der Waals surface area contributed by atoms with Crippen molar-refractivity contribution < 1.29 is 13.5 Å². The molecule has 1 aromatic rings. The maximum absolute atomic E-state index is 13.7. The summed E-state index contributed by atoms with van der Waals surface area (Å²) in [5.74, 6) is 3.83. The molecule has 0 saturated carbocycles. The van der Waals surface area contributed by atoms with Crippen molar-refractivity contribution >= 4 is 0 Å². The van der Waals surface area contributed by atoms with Crippen LogP contribution in [0.3, 0.4) is 0 Å². The van der Waals surface area contributed by atoms with Crippen LogP contribution in [0.25, 0.3) is 0 Å². The summed E-state index contributed by atoms with van der Waals surface area (Å²) in [7, 11) is 0. The third-order valence-corrected chi connectivity index (χ3v) is 3.20. The molecular weight excluding hydrogens is 226 g/mol. The Morgan fingerprint density at radius 2 is 2.24 bits per heavy atom. The smallest absolute Gasteiger partial charge is 0.163 e. The van der Waals surface area contributed by atoms with Crippen LogP contribution in [0.1, 0.15) is 24.9 Å². The van der Waals surface area contributed by atoms with Crippen molar-refractivity contribution in [2.24, 2.45) is 11.8 Å². The number of ether oxygens (including phenoxy) is 1. The Balaban J connectivity index is 2.26. The van der Waals surface area contributed by atoms with Crippen molar-refractivity contribution in [1.82, 2.24) is 5.43 Å². The molecule has 0 amide bonds. The van der Waals surface area contributed by atoms with Crippen molar-refractivity contribution in [2.45, 2.75) is 25.5 Å². The second-order valence-electron chi connectivity index (χ2n) is 4.43. The summed E-state index contributed by atoms with van der Waals surface area (Å²) >= 11 is 0. The van der Waals surface area contributed by atoms with Gasteiger partial charge in [0.2, 0.25) is 0 Å². The van der Waals surface area contributed by atoms with Crippen LogP contribution in [-0.2, 0) is 4.74 Å². The third kappa shape index (κ3) is 2.46. The van der Waals surface area contributed by atoms with Gasteiger partial charge in [-0.3, -0.25) is 11.3 Å². The van der Waals surface area contributed by atoms with E-state index in [0.29, 0.717) is 6.61 Å². The Kier molecular flexibility index (Phi) is 3.71. The highest BCUT2D eigenvalue weighted by Gasteiger charge is 2.32. The SMILES string of the molecule is CC1CC(C(NN)c2cccc(F)c2F)CO1. The van der Waals surface area contributed by atoms with Crippen molar-refractivity contribution in [2.75, 3.05) is 6.61 Å². The lowest BCUT2D eigenvalue weighted by atomic mass is 9.91. The summed E-state index contributed by atoms with van der Waals surface area (Å²) in [5, 5.41) is 0. The predicted molar refractivity (Wildman–Crippen MR) is 59.9 cm³/mol. The number of rotatable bonds is 3. The van der Waals surface area contributed by atoms with E-state index >= 15 is 0 Å². The minimum absolute atomic E-state index is 0.0614. The number of hydrazine groups is 1. The molecule has 1 heterocycles. The largest absolute Gasteiger partial charge is 0.378 e. The first kappa shape index (κ1) is 12.4. The molecule has 3 atom stereocenters. The van der Waals surface area contributed by atoms with Gasteiger partial charge in [-0.15, -0.1) is 0 Å². The molecule has 94 valence electrons. The average molecular weight is 242 g/mol. The molecule has 0 aromatic heterocycles. The fraction of sp³-hybridized carbons (Fsp3) is 0.500. The Morgan fingerprint density at radius 1 is 1.47 bits per heavy atom. The lowest BCUT2D eigenvalue weighted by Crippen LogP contribution is -2.34. The Bertz CT molecular complexity index is 400. The second kappa shape index (κ2) is 5.08. The van der Waals surface area contributed by atoms with Gasteiger partial charge in [-0.05, 0) is 19.4 Å². The molecule has 0 aliphatic carbocycles. The highest BCUT2D eigenvalue weighted by molar-refractivity contribution is 5.23. The molecule has 0 radical (unpaired) electrons. The van der Waals surface area contributed by atoms with Crippen LogP contribution >= 0.6 is 0 Å². The molecule has 5 heteroatoms. The maximum atomic E-state index is 13.7. The molecule has 1 saturated heterocycles. The molecule has 0 spiro atoms. The van der Waals surface area contributed by atoms with E-state index in [1.165, 1.54) is 6.07 Å². The van der Waals surface area contributed by atoms with Gasteiger partial charge in [0, 0.05) is 11.5 Å². The molecule has 1 fully saturated rings. The van der Waals surface area contributed by atoms with Crippen molar-refractivity contribution in [1.29, 1.82) is 0 Å². The van der Waals surface area contributed by atoms with Crippen LogP contribution in [0.15, 0.2) is 18.2 Å². The predicted octanol–water partition coefficient (Wildman–Crippen LogP) is 1.89. The number of hydrogen-bond donors (Lipinski definition) is 2. The van der Waals surface area contributed by atoms with E-state index < -0.39 is 17.7 Å². The van der Waals surface area contributed by atoms with E-state index in [9.17, 15) is 8.78 Å². The lowest BCUT2D eigenvalue weighted by molar-refractivity contribution is 0.116. The van der Waals surface area contributed by atoms with Crippen LogP contribution < -0.4 is 11.3 Å². The molecule has 17 heavy (non-hydrogen) atoms. The molecule has 2 rings (SSSR count). The van der Waals surface area contributed by atoms with E-state index in [-0.39, 0.29) is 17.6 Å². The average Bonchev–Trinajstić information content (AvgIpc) is 2.72. The number of halogens is 2. The highest BCUT2D eigenvalue weighted by Crippen LogP contribution is 2.32. The third-order valence-electron chi connectivity index (χ3n) is 3.20. The molecule has 3 unspecified atom stereocenters. The number of hydrogen-bond acceptors (Lipinski definition) is 3. The molecule has 1 aromatic carbocycles. The monoisotopic (exact) mass is 242 g/mol.